The first-order chi connectivity index (χ1) is 21.2. The minimum atomic E-state index is -0.529. The Morgan fingerprint density at radius 1 is 0.651 bits per heavy atom. The Bertz CT molecular complexity index is 1400. The summed E-state index contributed by atoms with van der Waals surface area (Å²) in [5.41, 5.74) is 2.64. The van der Waals surface area contributed by atoms with Crippen LogP contribution in [0.3, 0.4) is 0 Å². The van der Waals surface area contributed by atoms with Crippen LogP contribution in [0.15, 0.2) is 114 Å². The van der Waals surface area contributed by atoms with Crippen LogP contribution >= 0.6 is 11.8 Å². The summed E-state index contributed by atoms with van der Waals surface area (Å²) in [5, 5.41) is 0. The number of benzene rings is 4. The van der Waals surface area contributed by atoms with Gasteiger partial charge in [0.25, 0.3) is 0 Å². The van der Waals surface area contributed by atoms with E-state index in [0.717, 1.165) is 33.1 Å². The zero-order valence-corrected chi connectivity index (χ0v) is 25.1. The maximum Gasteiger partial charge on any atom is 0.184 e. The normalized spacial score (nSPS) is 25.1. The lowest BCUT2D eigenvalue weighted by Gasteiger charge is -2.49. The van der Waals surface area contributed by atoms with Crippen LogP contribution < -0.4 is 9.47 Å². The van der Waals surface area contributed by atoms with Crippen LogP contribution in [0.5, 0.6) is 11.5 Å². The monoisotopic (exact) mass is 600 g/mol. The van der Waals surface area contributed by atoms with Gasteiger partial charge in [0, 0.05) is 10.5 Å². The van der Waals surface area contributed by atoms with Gasteiger partial charge in [-0.3, -0.25) is 0 Å². The second kappa shape index (κ2) is 14.4. The molecule has 2 heterocycles. The minimum absolute atomic E-state index is 0.331. The quantitative estimate of drug-likeness (QED) is 0.186. The highest BCUT2D eigenvalue weighted by Crippen LogP contribution is 2.41. The lowest BCUT2D eigenvalue weighted by atomic mass is 9.98. The van der Waals surface area contributed by atoms with Crippen molar-refractivity contribution in [3.05, 3.63) is 126 Å². The van der Waals surface area contributed by atoms with Crippen LogP contribution in [0, 0.1) is 0 Å². The molecule has 2 saturated heterocycles. The second-order valence-electron chi connectivity index (χ2n) is 10.4. The predicted molar refractivity (Wildman–Crippen MR) is 164 cm³/mol. The molecule has 0 spiro atoms. The highest BCUT2D eigenvalue weighted by atomic mass is 32.2. The van der Waals surface area contributed by atoms with E-state index in [-0.39, 0.29) is 11.5 Å². The molecule has 224 valence electrons. The zero-order valence-electron chi connectivity index (χ0n) is 24.2. The van der Waals surface area contributed by atoms with Crippen LogP contribution in [0.2, 0.25) is 0 Å². The standard InChI is InChI=1S/C35H36O7S/c1-36-27-17-13-24(14-18-27)21-38-32-31-30(23-40-34(42-31)26-9-5-3-6-10-26)41-35(43-29-11-7-4-8-12-29)33(32)39-22-25-15-19-28(37-2)20-16-25/h3-20,30-35H,21-23H2,1-2H3/t30-,31-,32+,33+,34-,35-/m1/s1. The molecule has 0 amide bonds. The van der Waals surface area contributed by atoms with Crippen molar-refractivity contribution in [2.75, 3.05) is 20.8 Å². The van der Waals surface area contributed by atoms with Gasteiger partial charge in [-0.1, -0.05) is 84.6 Å². The van der Waals surface area contributed by atoms with Crippen molar-refractivity contribution in [3.8, 4) is 11.5 Å². The average molecular weight is 601 g/mol. The maximum absolute atomic E-state index is 6.74. The molecule has 6 rings (SSSR count). The first-order valence-corrected chi connectivity index (χ1v) is 15.3. The molecule has 0 saturated carbocycles. The molecule has 2 aliphatic rings. The Labute approximate surface area is 257 Å². The van der Waals surface area contributed by atoms with E-state index >= 15 is 0 Å². The fourth-order valence-corrected chi connectivity index (χ4v) is 6.40. The van der Waals surface area contributed by atoms with Crippen molar-refractivity contribution in [2.45, 2.75) is 54.3 Å². The lowest BCUT2D eigenvalue weighted by Crippen LogP contribution is -2.62. The molecular formula is C35H36O7S. The van der Waals surface area contributed by atoms with E-state index in [2.05, 4.69) is 12.1 Å². The third-order valence-electron chi connectivity index (χ3n) is 7.55. The first-order valence-electron chi connectivity index (χ1n) is 14.4. The predicted octanol–water partition coefficient (Wildman–Crippen LogP) is 6.81. The number of ether oxygens (including phenoxy) is 7. The number of hydrogen-bond acceptors (Lipinski definition) is 8. The molecule has 43 heavy (non-hydrogen) atoms. The molecule has 4 aromatic carbocycles. The molecule has 8 heteroatoms. The SMILES string of the molecule is COc1ccc(CO[C@@H]2[C@H](OCc3ccc(OC)cc3)[C@@H](Sc3ccccc3)O[C@@H]3CO[C@@H](c4ccccc4)O[C@@H]23)cc1. The summed E-state index contributed by atoms with van der Waals surface area (Å²) < 4.78 is 43.6. The minimum Gasteiger partial charge on any atom is -0.497 e. The maximum atomic E-state index is 6.74. The number of fused-ring (bicyclic) bond motifs is 1. The smallest absolute Gasteiger partial charge is 0.184 e. The molecule has 2 fully saturated rings. The Morgan fingerprint density at radius 3 is 1.79 bits per heavy atom. The van der Waals surface area contributed by atoms with E-state index in [0.29, 0.717) is 19.8 Å². The largest absolute Gasteiger partial charge is 0.497 e. The summed E-state index contributed by atoms with van der Waals surface area (Å²) in [6.45, 7) is 1.13. The summed E-state index contributed by atoms with van der Waals surface area (Å²) in [4.78, 5) is 1.08. The topological polar surface area (TPSA) is 64.6 Å². The third kappa shape index (κ3) is 7.41. The fourth-order valence-electron chi connectivity index (χ4n) is 5.25. The van der Waals surface area contributed by atoms with Gasteiger partial charge in [0.2, 0.25) is 0 Å². The van der Waals surface area contributed by atoms with Crippen LogP contribution in [0.25, 0.3) is 0 Å². The summed E-state index contributed by atoms with van der Waals surface area (Å²) >= 11 is 1.62. The summed E-state index contributed by atoms with van der Waals surface area (Å²) in [6, 6.07) is 36.0. The summed E-state index contributed by atoms with van der Waals surface area (Å²) in [6.07, 6.45) is -2.15. The fraction of sp³-hybridized carbons (Fsp3) is 0.314. The van der Waals surface area contributed by atoms with E-state index in [1.54, 1.807) is 26.0 Å². The number of methoxy groups -OCH3 is 2. The lowest BCUT2D eigenvalue weighted by molar-refractivity contribution is -0.329. The van der Waals surface area contributed by atoms with Crippen LogP contribution in [0.1, 0.15) is 23.0 Å². The van der Waals surface area contributed by atoms with Crippen LogP contribution in [-0.2, 0) is 36.9 Å². The van der Waals surface area contributed by atoms with Gasteiger partial charge in [0.05, 0.1) is 34.0 Å². The average Bonchev–Trinajstić information content (AvgIpc) is 3.07. The van der Waals surface area contributed by atoms with E-state index in [4.69, 9.17) is 33.2 Å². The number of rotatable bonds is 11. The first kappa shape index (κ1) is 29.7. The van der Waals surface area contributed by atoms with Gasteiger partial charge < -0.3 is 33.2 Å². The molecule has 7 nitrogen and oxygen atoms in total. The molecule has 0 bridgehead atoms. The number of hydrogen-bond donors (Lipinski definition) is 0. The number of thioether (sulfide) groups is 1. The van der Waals surface area contributed by atoms with Gasteiger partial charge in [-0.15, -0.1) is 0 Å². The zero-order chi connectivity index (χ0) is 29.4. The van der Waals surface area contributed by atoms with Gasteiger partial charge >= 0.3 is 0 Å². The molecule has 0 N–H and O–H groups in total. The van der Waals surface area contributed by atoms with Crippen molar-refractivity contribution < 1.29 is 33.2 Å². The van der Waals surface area contributed by atoms with Gasteiger partial charge in [0.1, 0.15) is 41.4 Å². The molecule has 0 radical (unpaired) electrons. The molecule has 6 atom stereocenters. The molecule has 0 unspecified atom stereocenters. The van der Waals surface area contributed by atoms with Gasteiger partial charge in [-0.2, -0.15) is 0 Å². The van der Waals surface area contributed by atoms with E-state index < -0.39 is 24.6 Å². The van der Waals surface area contributed by atoms with Crippen molar-refractivity contribution in [1.29, 1.82) is 0 Å². The van der Waals surface area contributed by atoms with Crippen molar-refractivity contribution >= 4 is 11.8 Å². The molecule has 4 aromatic rings. The summed E-state index contributed by atoms with van der Waals surface area (Å²) in [7, 11) is 3.32. The van der Waals surface area contributed by atoms with Crippen molar-refractivity contribution in [1.82, 2.24) is 0 Å². The Hall–Kier alpha value is -3.37. The van der Waals surface area contributed by atoms with Crippen molar-refractivity contribution in [3.63, 3.8) is 0 Å². The molecular weight excluding hydrogens is 564 g/mol. The molecule has 0 aromatic heterocycles. The molecule has 2 aliphatic heterocycles. The van der Waals surface area contributed by atoms with E-state index in [9.17, 15) is 0 Å². The Kier molecular flexibility index (Phi) is 9.94. The van der Waals surface area contributed by atoms with Gasteiger partial charge in [0.15, 0.2) is 6.29 Å². The second-order valence-corrected chi connectivity index (χ2v) is 11.6. The molecule has 0 aliphatic carbocycles. The Balaban J connectivity index is 1.29. The van der Waals surface area contributed by atoms with Crippen molar-refractivity contribution in [2.24, 2.45) is 0 Å². The Morgan fingerprint density at radius 2 is 1.21 bits per heavy atom. The van der Waals surface area contributed by atoms with Crippen LogP contribution in [-0.4, -0.2) is 50.7 Å². The van der Waals surface area contributed by atoms with Gasteiger partial charge in [-0.25, -0.2) is 0 Å². The summed E-state index contributed by atoms with van der Waals surface area (Å²) in [5.74, 6) is 1.60. The highest BCUT2D eigenvalue weighted by Gasteiger charge is 2.51. The van der Waals surface area contributed by atoms with Crippen LogP contribution in [0.4, 0.5) is 0 Å². The van der Waals surface area contributed by atoms with E-state index in [1.165, 1.54) is 0 Å². The van der Waals surface area contributed by atoms with E-state index in [1.807, 2.05) is 97.1 Å². The third-order valence-corrected chi connectivity index (χ3v) is 8.71. The highest BCUT2D eigenvalue weighted by molar-refractivity contribution is 7.99. The van der Waals surface area contributed by atoms with Gasteiger partial charge in [-0.05, 0) is 47.5 Å².